The number of rotatable bonds is 4. The minimum atomic E-state index is -0.0617. The molecule has 1 aliphatic heterocycles. The van der Waals surface area contributed by atoms with E-state index in [1.54, 1.807) is 18.2 Å². The minimum absolute atomic E-state index is 0. The van der Waals surface area contributed by atoms with Crippen LogP contribution in [0.2, 0.25) is 10.0 Å². The van der Waals surface area contributed by atoms with Crippen LogP contribution in [0.5, 0.6) is 0 Å². The van der Waals surface area contributed by atoms with Crippen LogP contribution in [0.4, 0.5) is 5.69 Å². The van der Waals surface area contributed by atoms with Crippen LogP contribution in [0, 0.1) is 0 Å². The second-order valence-corrected chi connectivity index (χ2v) is 5.97. The lowest BCUT2D eigenvalue weighted by atomic mass is 10.1. The SMILES string of the molecule is Cl.NC1CCCN(CCC(=O)Nc2cc(Cl)ccc2Cl)C1. The average Bonchev–Trinajstić information content (AvgIpc) is 2.41. The van der Waals surface area contributed by atoms with Gasteiger partial charge in [-0.15, -0.1) is 12.4 Å². The lowest BCUT2D eigenvalue weighted by Crippen LogP contribution is -2.43. The fourth-order valence-electron chi connectivity index (χ4n) is 2.36. The molecule has 1 fully saturated rings. The Hall–Kier alpha value is -0.520. The molecule has 21 heavy (non-hydrogen) atoms. The number of anilines is 1. The first-order valence-electron chi connectivity index (χ1n) is 6.77. The van der Waals surface area contributed by atoms with Gasteiger partial charge in [0.05, 0.1) is 10.7 Å². The van der Waals surface area contributed by atoms with Gasteiger partial charge in [0.1, 0.15) is 0 Å². The fraction of sp³-hybridized carbons (Fsp3) is 0.500. The molecular formula is C14H20Cl3N3O. The zero-order valence-electron chi connectivity index (χ0n) is 11.6. The molecule has 1 amide bonds. The molecular weight excluding hydrogens is 333 g/mol. The average molecular weight is 353 g/mol. The first-order chi connectivity index (χ1) is 9.54. The summed E-state index contributed by atoms with van der Waals surface area (Å²) in [6.45, 7) is 2.60. The Morgan fingerprint density at radius 2 is 2.19 bits per heavy atom. The molecule has 118 valence electrons. The summed E-state index contributed by atoms with van der Waals surface area (Å²) in [5, 5.41) is 3.83. The Labute approximate surface area is 141 Å². The van der Waals surface area contributed by atoms with E-state index in [-0.39, 0.29) is 24.4 Å². The first-order valence-corrected chi connectivity index (χ1v) is 7.53. The Morgan fingerprint density at radius 1 is 1.43 bits per heavy atom. The second-order valence-electron chi connectivity index (χ2n) is 5.13. The number of benzene rings is 1. The Bertz CT molecular complexity index is 485. The summed E-state index contributed by atoms with van der Waals surface area (Å²) in [5.41, 5.74) is 6.47. The van der Waals surface area contributed by atoms with Crippen molar-refractivity contribution in [1.82, 2.24) is 4.90 Å². The molecule has 1 atom stereocenters. The van der Waals surface area contributed by atoms with Crippen LogP contribution in [-0.4, -0.2) is 36.5 Å². The topological polar surface area (TPSA) is 58.4 Å². The maximum atomic E-state index is 11.9. The quantitative estimate of drug-likeness (QED) is 0.875. The molecule has 0 radical (unpaired) electrons. The van der Waals surface area contributed by atoms with E-state index in [9.17, 15) is 4.79 Å². The number of hydrogen-bond acceptors (Lipinski definition) is 3. The highest BCUT2D eigenvalue weighted by Gasteiger charge is 2.17. The van der Waals surface area contributed by atoms with Crippen LogP contribution in [0.3, 0.4) is 0 Å². The van der Waals surface area contributed by atoms with Crippen molar-refractivity contribution in [3.8, 4) is 0 Å². The van der Waals surface area contributed by atoms with Gasteiger partial charge in [0.15, 0.2) is 0 Å². The number of likely N-dealkylation sites (tertiary alicyclic amines) is 1. The molecule has 1 aliphatic rings. The van der Waals surface area contributed by atoms with Crippen molar-refractivity contribution < 1.29 is 4.79 Å². The molecule has 0 bridgehead atoms. The molecule has 0 spiro atoms. The third kappa shape index (κ3) is 6.01. The van der Waals surface area contributed by atoms with Crippen LogP contribution in [0.1, 0.15) is 19.3 Å². The second kappa shape index (κ2) is 8.81. The predicted octanol–water partition coefficient (Wildman–Crippen LogP) is 3.17. The summed E-state index contributed by atoms with van der Waals surface area (Å²) in [6, 6.07) is 5.24. The van der Waals surface area contributed by atoms with E-state index in [2.05, 4.69) is 10.2 Å². The number of amides is 1. The maximum Gasteiger partial charge on any atom is 0.225 e. The fourth-order valence-corrected chi connectivity index (χ4v) is 2.70. The zero-order chi connectivity index (χ0) is 14.5. The smallest absolute Gasteiger partial charge is 0.225 e. The van der Waals surface area contributed by atoms with E-state index in [1.807, 2.05) is 0 Å². The summed E-state index contributed by atoms with van der Waals surface area (Å²) in [4.78, 5) is 14.2. The highest BCUT2D eigenvalue weighted by Crippen LogP contribution is 2.25. The van der Waals surface area contributed by atoms with Gasteiger partial charge in [-0.3, -0.25) is 4.79 Å². The summed E-state index contributed by atoms with van der Waals surface area (Å²) in [7, 11) is 0. The largest absolute Gasteiger partial charge is 0.327 e. The van der Waals surface area contributed by atoms with Crippen molar-refractivity contribution in [1.29, 1.82) is 0 Å². The molecule has 1 unspecified atom stereocenters. The molecule has 4 nitrogen and oxygen atoms in total. The Morgan fingerprint density at radius 3 is 2.90 bits per heavy atom. The number of nitrogens with two attached hydrogens (primary N) is 1. The van der Waals surface area contributed by atoms with Crippen LogP contribution in [-0.2, 0) is 4.79 Å². The van der Waals surface area contributed by atoms with E-state index in [1.165, 1.54) is 0 Å². The number of nitrogens with zero attached hydrogens (tertiary/aromatic N) is 1. The van der Waals surface area contributed by atoms with Crippen molar-refractivity contribution in [2.24, 2.45) is 5.73 Å². The Kier molecular flexibility index (Phi) is 7.77. The summed E-state index contributed by atoms with van der Waals surface area (Å²) >= 11 is 11.9. The third-order valence-corrected chi connectivity index (χ3v) is 3.96. The lowest BCUT2D eigenvalue weighted by molar-refractivity contribution is -0.116. The number of hydrogen-bond donors (Lipinski definition) is 2. The lowest BCUT2D eigenvalue weighted by Gasteiger charge is -2.30. The van der Waals surface area contributed by atoms with Crippen LogP contribution >= 0.6 is 35.6 Å². The molecule has 1 saturated heterocycles. The number of nitrogens with one attached hydrogen (secondary N) is 1. The number of carbonyl (C=O) groups excluding carboxylic acids is 1. The van der Waals surface area contributed by atoms with Crippen molar-refractivity contribution >= 4 is 47.2 Å². The predicted molar refractivity (Wildman–Crippen MR) is 90.6 cm³/mol. The normalized spacial score (nSPS) is 18.9. The number of piperidine rings is 1. The highest BCUT2D eigenvalue weighted by molar-refractivity contribution is 6.35. The van der Waals surface area contributed by atoms with Crippen LogP contribution in [0.25, 0.3) is 0 Å². The van der Waals surface area contributed by atoms with Crippen LogP contribution in [0.15, 0.2) is 18.2 Å². The molecule has 0 saturated carbocycles. The van der Waals surface area contributed by atoms with Gasteiger partial charge in [-0.2, -0.15) is 0 Å². The summed E-state index contributed by atoms with van der Waals surface area (Å²) < 4.78 is 0. The number of halogens is 3. The van der Waals surface area contributed by atoms with E-state index in [0.717, 1.165) is 32.5 Å². The molecule has 2 rings (SSSR count). The van der Waals surface area contributed by atoms with Gasteiger partial charge in [-0.05, 0) is 37.6 Å². The van der Waals surface area contributed by atoms with Gasteiger partial charge >= 0.3 is 0 Å². The van der Waals surface area contributed by atoms with E-state index >= 15 is 0 Å². The molecule has 7 heteroatoms. The van der Waals surface area contributed by atoms with Crippen molar-refractivity contribution in [2.45, 2.75) is 25.3 Å². The number of carbonyl (C=O) groups is 1. The minimum Gasteiger partial charge on any atom is -0.327 e. The summed E-state index contributed by atoms with van der Waals surface area (Å²) in [6.07, 6.45) is 2.60. The van der Waals surface area contributed by atoms with Gasteiger partial charge in [-0.1, -0.05) is 23.2 Å². The first kappa shape index (κ1) is 18.5. The molecule has 0 aromatic heterocycles. The van der Waals surface area contributed by atoms with Gasteiger partial charge in [0, 0.05) is 30.6 Å². The van der Waals surface area contributed by atoms with Crippen molar-refractivity contribution in [2.75, 3.05) is 25.0 Å². The van der Waals surface area contributed by atoms with Crippen molar-refractivity contribution in [3.05, 3.63) is 28.2 Å². The molecule has 1 heterocycles. The van der Waals surface area contributed by atoms with E-state index in [0.29, 0.717) is 22.2 Å². The Balaban J connectivity index is 0.00000220. The van der Waals surface area contributed by atoms with E-state index < -0.39 is 0 Å². The standard InChI is InChI=1S/C14H19Cl2N3O.ClH/c15-10-3-4-12(16)13(8-10)18-14(20)5-7-19-6-1-2-11(17)9-19;/h3-4,8,11H,1-2,5-7,9,17H2,(H,18,20);1H. The molecule has 1 aromatic carbocycles. The monoisotopic (exact) mass is 351 g/mol. The van der Waals surface area contributed by atoms with E-state index in [4.69, 9.17) is 28.9 Å². The van der Waals surface area contributed by atoms with Gasteiger partial charge in [0.2, 0.25) is 5.91 Å². The van der Waals surface area contributed by atoms with Crippen LogP contribution < -0.4 is 11.1 Å². The summed E-state index contributed by atoms with van der Waals surface area (Å²) in [5.74, 6) is -0.0617. The van der Waals surface area contributed by atoms with Crippen molar-refractivity contribution in [3.63, 3.8) is 0 Å². The van der Waals surface area contributed by atoms with Gasteiger partial charge < -0.3 is 16.0 Å². The highest BCUT2D eigenvalue weighted by atomic mass is 35.5. The maximum absolute atomic E-state index is 11.9. The van der Waals surface area contributed by atoms with Gasteiger partial charge in [0.25, 0.3) is 0 Å². The molecule has 3 N–H and O–H groups in total. The van der Waals surface area contributed by atoms with Gasteiger partial charge in [-0.25, -0.2) is 0 Å². The third-order valence-electron chi connectivity index (χ3n) is 3.40. The molecule has 1 aromatic rings. The zero-order valence-corrected chi connectivity index (χ0v) is 14.0. The molecule has 0 aliphatic carbocycles.